The predicted octanol–water partition coefficient (Wildman–Crippen LogP) is 3.04. The summed E-state index contributed by atoms with van der Waals surface area (Å²) >= 11 is 0. The van der Waals surface area contributed by atoms with Gasteiger partial charge in [-0.2, -0.15) is 10.4 Å². The van der Waals surface area contributed by atoms with Gasteiger partial charge in [-0.15, -0.1) is 0 Å². The molecule has 32 heavy (non-hydrogen) atoms. The Hall–Kier alpha value is -3.57. The van der Waals surface area contributed by atoms with Crippen molar-refractivity contribution >= 4 is 5.91 Å². The van der Waals surface area contributed by atoms with Crippen molar-refractivity contribution in [3.05, 3.63) is 70.4 Å². The average molecular weight is 434 g/mol. The Kier molecular flexibility index (Phi) is 6.28. The van der Waals surface area contributed by atoms with Crippen LogP contribution in [-0.2, 0) is 20.2 Å². The number of benzene rings is 1. The molecule has 1 aromatic carbocycles. The van der Waals surface area contributed by atoms with E-state index in [4.69, 9.17) is 14.4 Å². The van der Waals surface area contributed by atoms with Gasteiger partial charge in [0.05, 0.1) is 17.3 Å². The van der Waals surface area contributed by atoms with Gasteiger partial charge in [-0.3, -0.25) is 14.4 Å². The molecule has 0 radical (unpaired) electrons. The second-order valence-electron chi connectivity index (χ2n) is 8.03. The normalized spacial score (nSPS) is 14.4. The second-order valence-corrected chi connectivity index (χ2v) is 8.03. The van der Waals surface area contributed by atoms with Crippen LogP contribution in [0.3, 0.4) is 0 Å². The van der Waals surface area contributed by atoms with Crippen molar-refractivity contribution in [3.8, 4) is 11.8 Å². The quantitative estimate of drug-likeness (QED) is 0.594. The minimum Gasteiger partial charge on any atom is -0.486 e. The fourth-order valence-corrected chi connectivity index (χ4v) is 3.89. The summed E-state index contributed by atoms with van der Waals surface area (Å²) in [7, 11) is 1.97. The highest BCUT2D eigenvalue weighted by molar-refractivity contribution is 5.91. The Bertz CT molecular complexity index is 1130. The molecule has 0 aliphatic carbocycles. The lowest BCUT2D eigenvalue weighted by atomic mass is 10.1. The number of nitrogens with zero attached hydrogens (tertiary/aromatic N) is 5. The molecular weight excluding hydrogens is 406 g/mol. The molecule has 0 bridgehead atoms. The maximum atomic E-state index is 12.9. The van der Waals surface area contributed by atoms with Crippen molar-refractivity contribution in [1.29, 1.82) is 5.26 Å². The summed E-state index contributed by atoms with van der Waals surface area (Å²) in [5.74, 6) is 1.46. The zero-order chi connectivity index (χ0) is 22.7. The van der Waals surface area contributed by atoms with Crippen LogP contribution in [0.4, 0.5) is 0 Å². The number of rotatable bonds is 6. The summed E-state index contributed by atoms with van der Waals surface area (Å²) in [5.41, 5.74) is 4.10. The molecule has 8 nitrogen and oxygen atoms in total. The minimum absolute atomic E-state index is 0.0944. The van der Waals surface area contributed by atoms with E-state index in [1.54, 1.807) is 36.4 Å². The number of hydrogen-bond acceptors (Lipinski definition) is 6. The first-order valence-corrected chi connectivity index (χ1v) is 10.7. The van der Waals surface area contributed by atoms with Crippen molar-refractivity contribution < 1.29 is 13.9 Å². The van der Waals surface area contributed by atoms with E-state index in [-0.39, 0.29) is 12.5 Å². The Morgan fingerprint density at radius 3 is 2.47 bits per heavy atom. The highest BCUT2D eigenvalue weighted by Gasteiger charge is 2.25. The Morgan fingerprint density at radius 1 is 1.12 bits per heavy atom. The Morgan fingerprint density at radius 2 is 1.84 bits per heavy atom. The van der Waals surface area contributed by atoms with E-state index in [0.29, 0.717) is 35.9 Å². The van der Waals surface area contributed by atoms with Crippen molar-refractivity contribution in [2.24, 2.45) is 7.05 Å². The SMILES string of the molecule is Cc1nn(C)c(C)c1CN1CCN(C(=O)c2ccc(COc3ccc(C#N)cc3)o2)CC1. The summed E-state index contributed by atoms with van der Waals surface area (Å²) in [6.45, 7) is 8.16. The van der Waals surface area contributed by atoms with Gasteiger partial charge >= 0.3 is 0 Å². The number of aryl methyl sites for hydroxylation is 2. The van der Waals surface area contributed by atoms with Crippen LogP contribution in [0.1, 0.15) is 38.8 Å². The number of nitriles is 1. The largest absolute Gasteiger partial charge is 0.486 e. The zero-order valence-corrected chi connectivity index (χ0v) is 18.7. The standard InChI is InChI=1S/C24H27N5O3/c1-17-22(18(2)27(3)26-17)15-28-10-12-29(13-11-28)24(30)23-9-8-21(32-23)16-31-20-6-4-19(14-25)5-7-20/h4-9H,10-13,15-16H2,1-3H3. The topological polar surface area (TPSA) is 87.5 Å². The lowest BCUT2D eigenvalue weighted by Crippen LogP contribution is -2.48. The molecule has 3 aromatic rings. The van der Waals surface area contributed by atoms with Crippen LogP contribution >= 0.6 is 0 Å². The Balaban J connectivity index is 1.29. The maximum absolute atomic E-state index is 12.9. The summed E-state index contributed by atoms with van der Waals surface area (Å²) in [5, 5.41) is 13.3. The number of aromatic nitrogens is 2. The average Bonchev–Trinajstić information content (AvgIpc) is 3.38. The third-order valence-electron chi connectivity index (χ3n) is 5.94. The second kappa shape index (κ2) is 9.28. The molecule has 0 atom stereocenters. The van der Waals surface area contributed by atoms with Crippen LogP contribution in [0.2, 0.25) is 0 Å². The summed E-state index contributed by atoms with van der Waals surface area (Å²) in [6, 6.07) is 12.4. The van der Waals surface area contributed by atoms with Crippen LogP contribution in [0.5, 0.6) is 5.75 Å². The number of ether oxygens (including phenoxy) is 1. The minimum atomic E-state index is -0.0944. The molecule has 166 valence electrons. The monoisotopic (exact) mass is 433 g/mol. The van der Waals surface area contributed by atoms with Crippen molar-refractivity contribution in [3.63, 3.8) is 0 Å². The number of hydrogen-bond donors (Lipinski definition) is 0. The smallest absolute Gasteiger partial charge is 0.289 e. The number of piperazine rings is 1. The molecule has 1 fully saturated rings. The van der Waals surface area contributed by atoms with E-state index in [0.717, 1.165) is 25.3 Å². The summed E-state index contributed by atoms with van der Waals surface area (Å²) in [4.78, 5) is 17.1. The molecule has 1 saturated heterocycles. The summed E-state index contributed by atoms with van der Waals surface area (Å²) in [6.07, 6.45) is 0. The van der Waals surface area contributed by atoms with Gasteiger partial charge in [-0.05, 0) is 50.2 Å². The molecule has 2 aromatic heterocycles. The van der Waals surface area contributed by atoms with Crippen LogP contribution in [0, 0.1) is 25.2 Å². The van der Waals surface area contributed by atoms with E-state index in [1.807, 2.05) is 23.6 Å². The van der Waals surface area contributed by atoms with E-state index >= 15 is 0 Å². The van der Waals surface area contributed by atoms with Crippen LogP contribution in [0.15, 0.2) is 40.8 Å². The molecule has 0 unspecified atom stereocenters. The third-order valence-corrected chi connectivity index (χ3v) is 5.94. The molecule has 3 heterocycles. The van der Waals surface area contributed by atoms with E-state index in [9.17, 15) is 4.79 Å². The Labute approximate surface area is 187 Å². The molecule has 1 amide bonds. The molecule has 1 aliphatic heterocycles. The first-order valence-electron chi connectivity index (χ1n) is 10.7. The molecule has 8 heteroatoms. The highest BCUT2D eigenvalue weighted by Crippen LogP contribution is 2.19. The van der Waals surface area contributed by atoms with Gasteiger partial charge in [-0.1, -0.05) is 0 Å². The van der Waals surface area contributed by atoms with Crippen molar-refractivity contribution in [1.82, 2.24) is 19.6 Å². The zero-order valence-electron chi connectivity index (χ0n) is 18.7. The number of carbonyl (C=O) groups excluding carboxylic acids is 1. The van der Waals surface area contributed by atoms with E-state index in [2.05, 4.69) is 23.0 Å². The maximum Gasteiger partial charge on any atom is 0.289 e. The van der Waals surface area contributed by atoms with E-state index in [1.165, 1.54) is 11.3 Å². The van der Waals surface area contributed by atoms with Crippen LogP contribution < -0.4 is 4.74 Å². The number of amides is 1. The van der Waals surface area contributed by atoms with Gasteiger partial charge in [0.25, 0.3) is 5.91 Å². The fourth-order valence-electron chi connectivity index (χ4n) is 3.89. The van der Waals surface area contributed by atoms with Gasteiger partial charge in [0, 0.05) is 51.0 Å². The van der Waals surface area contributed by atoms with Crippen molar-refractivity contribution in [2.45, 2.75) is 27.0 Å². The van der Waals surface area contributed by atoms with Crippen LogP contribution in [-0.4, -0.2) is 51.7 Å². The molecule has 0 spiro atoms. The molecular formula is C24H27N5O3. The lowest BCUT2D eigenvalue weighted by molar-refractivity contribution is 0.0593. The van der Waals surface area contributed by atoms with Gasteiger partial charge < -0.3 is 14.1 Å². The van der Waals surface area contributed by atoms with E-state index < -0.39 is 0 Å². The number of carbonyl (C=O) groups is 1. The van der Waals surface area contributed by atoms with Crippen molar-refractivity contribution in [2.75, 3.05) is 26.2 Å². The molecule has 0 saturated carbocycles. The molecule has 4 rings (SSSR count). The van der Waals surface area contributed by atoms with Gasteiger partial charge in [-0.25, -0.2) is 0 Å². The van der Waals surface area contributed by atoms with Gasteiger partial charge in [0.15, 0.2) is 5.76 Å². The fraction of sp³-hybridized carbons (Fsp3) is 0.375. The summed E-state index contributed by atoms with van der Waals surface area (Å²) < 4.78 is 13.3. The third kappa shape index (κ3) is 4.68. The highest BCUT2D eigenvalue weighted by atomic mass is 16.5. The lowest BCUT2D eigenvalue weighted by Gasteiger charge is -2.34. The predicted molar refractivity (Wildman–Crippen MR) is 118 cm³/mol. The first-order chi connectivity index (χ1) is 15.4. The van der Waals surface area contributed by atoms with Gasteiger partial charge in [0.2, 0.25) is 0 Å². The first kappa shape index (κ1) is 21.7. The molecule has 1 aliphatic rings. The number of furan rings is 1. The molecule has 0 N–H and O–H groups in total. The van der Waals surface area contributed by atoms with Gasteiger partial charge in [0.1, 0.15) is 18.1 Å². The van der Waals surface area contributed by atoms with Crippen LogP contribution in [0.25, 0.3) is 0 Å².